The standard InChI is InChI=1S/C19H17N9O2/c1-11-16(28(29)30)12(2)26(23-11)13(3)17-22-19-15-9-21-27(14-7-5-4-6-8-14)18(15)20-10-25(19)24-17/h4-10,13H,1-3H3/t13-/m1/s1. The fraction of sp³-hybridized carbons (Fsp3) is 0.211. The van der Waals surface area contributed by atoms with E-state index in [1.165, 1.54) is 0 Å². The van der Waals surface area contributed by atoms with Crippen LogP contribution in [0.4, 0.5) is 5.69 Å². The molecular formula is C19H17N9O2. The molecule has 5 aromatic rings. The first kappa shape index (κ1) is 17.9. The van der Waals surface area contributed by atoms with Gasteiger partial charge in [0.1, 0.15) is 23.8 Å². The Morgan fingerprint density at radius 2 is 1.87 bits per heavy atom. The summed E-state index contributed by atoms with van der Waals surface area (Å²) < 4.78 is 4.92. The van der Waals surface area contributed by atoms with Gasteiger partial charge in [-0.3, -0.25) is 14.8 Å². The summed E-state index contributed by atoms with van der Waals surface area (Å²) in [5.41, 5.74) is 3.01. The number of benzene rings is 1. The molecule has 1 aromatic carbocycles. The lowest BCUT2D eigenvalue weighted by Gasteiger charge is -2.09. The van der Waals surface area contributed by atoms with E-state index in [-0.39, 0.29) is 5.69 Å². The summed E-state index contributed by atoms with van der Waals surface area (Å²) in [5, 5.41) is 25.4. The summed E-state index contributed by atoms with van der Waals surface area (Å²) in [4.78, 5) is 20.1. The molecule has 0 saturated heterocycles. The first-order valence-corrected chi connectivity index (χ1v) is 9.30. The molecular weight excluding hydrogens is 386 g/mol. The van der Waals surface area contributed by atoms with Crippen LogP contribution in [0.3, 0.4) is 0 Å². The van der Waals surface area contributed by atoms with Crippen LogP contribution in [0.1, 0.15) is 30.2 Å². The molecule has 0 amide bonds. The van der Waals surface area contributed by atoms with Crippen molar-refractivity contribution in [3.05, 3.63) is 70.2 Å². The minimum atomic E-state index is -0.413. The molecule has 0 radical (unpaired) electrons. The third kappa shape index (κ3) is 2.55. The quantitative estimate of drug-likeness (QED) is 0.334. The van der Waals surface area contributed by atoms with E-state index in [4.69, 9.17) is 0 Å². The van der Waals surface area contributed by atoms with E-state index in [2.05, 4.69) is 25.3 Å². The van der Waals surface area contributed by atoms with E-state index in [1.54, 1.807) is 40.3 Å². The molecule has 0 aliphatic carbocycles. The summed E-state index contributed by atoms with van der Waals surface area (Å²) in [6.45, 7) is 5.15. The highest BCUT2D eigenvalue weighted by Crippen LogP contribution is 2.27. The number of nitro groups is 1. The van der Waals surface area contributed by atoms with Crippen molar-refractivity contribution in [1.82, 2.24) is 39.1 Å². The van der Waals surface area contributed by atoms with E-state index >= 15 is 0 Å². The largest absolute Gasteiger partial charge is 0.312 e. The van der Waals surface area contributed by atoms with Gasteiger partial charge in [0.15, 0.2) is 17.1 Å². The first-order valence-electron chi connectivity index (χ1n) is 9.30. The Bertz CT molecular complexity index is 1410. The van der Waals surface area contributed by atoms with E-state index < -0.39 is 11.0 Å². The Morgan fingerprint density at radius 3 is 2.57 bits per heavy atom. The number of nitrogens with zero attached hydrogens (tertiary/aromatic N) is 9. The molecule has 30 heavy (non-hydrogen) atoms. The lowest BCUT2D eigenvalue weighted by molar-refractivity contribution is -0.386. The van der Waals surface area contributed by atoms with Crippen molar-refractivity contribution in [3.8, 4) is 5.69 Å². The topological polar surface area (TPSA) is 122 Å². The van der Waals surface area contributed by atoms with Gasteiger partial charge in [0.2, 0.25) is 0 Å². The first-order chi connectivity index (χ1) is 14.5. The molecule has 0 saturated carbocycles. The average molecular weight is 403 g/mol. The van der Waals surface area contributed by atoms with Crippen LogP contribution >= 0.6 is 0 Å². The van der Waals surface area contributed by atoms with Crippen LogP contribution in [0, 0.1) is 24.0 Å². The van der Waals surface area contributed by atoms with Crippen LogP contribution in [0.5, 0.6) is 0 Å². The molecule has 0 aliphatic rings. The third-order valence-electron chi connectivity index (χ3n) is 5.13. The van der Waals surface area contributed by atoms with Crippen molar-refractivity contribution in [1.29, 1.82) is 0 Å². The van der Waals surface area contributed by atoms with Crippen LogP contribution in [-0.2, 0) is 0 Å². The van der Waals surface area contributed by atoms with Gasteiger partial charge < -0.3 is 0 Å². The minimum Gasteiger partial charge on any atom is -0.258 e. The van der Waals surface area contributed by atoms with E-state index in [0.29, 0.717) is 28.5 Å². The van der Waals surface area contributed by atoms with Gasteiger partial charge in [-0.1, -0.05) is 18.2 Å². The molecule has 4 aromatic heterocycles. The molecule has 11 heteroatoms. The number of rotatable bonds is 4. The van der Waals surface area contributed by atoms with Crippen LogP contribution in [0.25, 0.3) is 22.4 Å². The van der Waals surface area contributed by atoms with Crippen molar-refractivity contribution in [2.75, 3.05) is 0 Å². The minimum absolute atomic E-state index is 0.0128. The Labute approximate surface area is 169 Å². The Hall–Kier alpha value is -4.15. The number of para-hydroxylation sites is 1. The highest BCUT2D eigenvalue weighted by Gasteiger charge is 2.27. The smallest absolute Gasteiger partial charge is 0.258 e. The van der Waals surface area contributed by atoms with E-state index in [1.807, 2.05) is 37.3 Å². The van der Waals surface area contributed by atoms with Crippen molar-refractivity contribution in [3.63, 3.8) is 0 Å². The summed E-state index contributed by atoms with van der Waals surface area (Å²) in [6.07, 6.45) is 3.30. The number of hydrogen-bond acceptors (Lipinski definition) is 7. The molecule has 0 bridgehead atoms. The maximum Gasteiger partial charge on any atom is 0.312 e. The maximum absolute atomic E-state index is 11.3. The normalized spacial score (nSPS) is 12.6. The van der Waals surface area contributed by atoms with Crippen LogP contribution < -0.4 is 0 Å². The highest BCUT2D eigenvalue weighted by atomic mass is 16.6. The van der Waals surface area contributed by atoms with E-state index in [9.17, 15) is 10.1 Å². The monoisotopic (exact) mass is 403 g/mol. The Kier molecular flexibility index (Phi) is 3.85. The van der Waals surface area contributed by atoms with Crippen LogP contribution in [-0.4, -0.2) is 44.1 Å². The lowest BCUT2D eigenvalue weighted by Crippen LogP contribution is -2.12. The average Bonchev–Trinajstić information content (AvgIpc) is 3.42. The van der Waals surface area contributed by atoms with Crippen LogP contribution in [0.15, 0.2) is 42.9 Å². The molecule has 1 atom stereocenters. The summed E-state index contributed by atoms with van der Waals surface area (Å²) in [7, 11) is 0. The van der Waals surface area contributed by atoms with E-state index in [0.717, 1.165) is 11.1 Å². The molecule has 11 nitrogen and oxygen atoms in total. The molecule has 0 aliphatic heterocycles. The molecule has 0 spiro atoms. The van der Waals surface area contributed by atoms with Crippen LogP contribution in [0.2, 0.25) is 0 Å². The fourth-order valence-electron chi connectivity index (χ4n) is 3.68. The number of aromatic nitrogens is 8. The SMILES string of the molecule is Cc1nn([C@H](C)c2nc3c4cnn(-c5ccccc5)c4ncn3n2)c(C)c1[N+](=O)[O-]. The molecule has 0 unspecified atom stereocenters. The summed E-state index contributed by atoms with van der Waals surface area (Å²) in [5.74, 6) is 0.484. The second-order valence-corrected chi connectivity index (χ2v) is 7.01. The van der Waals surface area contributed by atoms with Gasteiger partial charge in [0, 0.05) is 0 Å². The molecule has 0 N–H and O–H groups in total. The van der Waals surface area contributed by atoms with Crippen molar-refractivity contribution in [2.24, 2.45) is 0 Å². The molecule has 5 rings (SSSR count). The molecule has 4 heterocycles. The maximum atomic E-state index is 11.3. The van der Waals surface area contributed by atoms with Crippen molar-refractivity contribution in [2.45, 2.75) is 26.8 Å². The van der Waals surface area contributed by atoms with Crippen molar-refractivity contribution < 1.29 is 4.92 Å². The number of fused-ring (bicyclic) bond motifs is 3. The predicted molar refractivity (Wildman–Crippen MR) is 108 cm³/mol. The predicted octanol–water partition coefficient (Wildman–Crippen LogP) is 2.79. The van der Waals surface area contributed by atoms with Gasteiger partial charge in [0.05, 0.1) is 22.2 Å². The second-order valence-electron chi connectivity index (χ2n) is 7.01. The van der Waals surface area contributed by atoms with Gasteiger partial charge in [-0.05, 0) is 32.9 Å². The summed E-state index contributed by atoms with van der Waals surface area (Å²) >= 11 is 0. The number of aryl methyl sites for hydroxylation is 1. The Morgan fingerprint density at radius 1 is 1.10 bits per heavy atom. The Balaban J connectivity index is 1.62. The third-order valence-corrected chi connectivity index (χ3v) is 5.13. The van der Waals surface area contributed by atoms with Gasteiger partial charge in [-0.15, -0.1) is 5.10 Å². The lowest BCUT2D eigenvalue weighted by atomic mass is 10.3. The zero-order valence-electron chi connectivity index (χ0n) is 16.5. The zero-order valence-corrected chi connectivity index (χ0v) is 16.5. The molecule has 150 valence electrons. The van der Waals surface area contributed by atoms with Gasteiger partial charge in [-0.2, -0.15) is 10.2 Å². The highest BCUT2D eigenvalue weighted by molar-refractivity contribution is 5.89. The summed E-state index contributed by atoms with van der Waals surface area (Å²) in [6, 6.07) is 9.32. The zero-order chi connectivity index (χ0) is 21.0. The van der Waals surface area contributed by atoms with Gasteiger partial charge in [0.25, 0.3) is 0 Å². The van der Waals surface area contributed by atoms with Gasteiger partial charge >= 0.3 is 5.69 Å². The number of hydrogen-bond donors (Lipinski definition) is 0. The van der Waals surface area contributed by atoms with Gasteiger partial charge in [-0.25, -0.2) is 19.2 Å². The fourth-order valence-corrected chi connectivity index (χ4v) is 3.68. The second kappa shape index (κ2) is 6.44. The molecule has 0 fully saturated rings. The van der Waals surface area contributed by atoms with Crippen molar-refractivity contribution >= 4 is 22.4 Å².